The molecule has 1 atom stereocenters. The summed E-state index contributed by atoms with van der Waals surface area (Å²) in [5.41, 5.74) is 0.398. The molecule has 1 N–H and O–H groups in total. The molecular weight excluding hydrogens is 320 g/mol. The molecule has 1 aromatic heterocycles. The number of carbonyl (C=O) groups excluding carboxylic acids is 2. The van der Waals surface area contributed by atoms with Gasteiger partial charge in [0.15, 0.2) is 0 Å². The van der Waals surface area contributed by atoms with Gasteiger partial charge >= 0.3 is 0 Å². The number of amides is 2. The molecule has 0 unspecified atom stereocenters. The Morgan fingerprint density at radius 1 is 1.36 bits per heavy atom. The molecule has 25 heavy (non-hydrogen) atoms. The normalized spacial score (nSPS) is 24.8. The van der Waals surface area contributed by atoms with Crippen LogP contribution in [0.5, 0.6) is 0 Å². The summed E-state index contributed by atoms with van der Waals surface area (Å²) in [6.07, 6.45) is 6.79. The van der Waals surface area contributed by atoms with E-state index < -0.39 is 0 Å². The third-order valence-electron chi connectivity index (χ3n) is 6.11. The Kier molecular flexibility index (Phi) is 4.27. The molecule has 2 amide bonds. The number of likely N-dealkylation sites (tertiary alicyclic amines) is 1. The molecule has 1 saturated carbocycles. The van der Waals surface area contributed by atoms with E-state index >= 15 is 0 Å². The number of nitrogens with zero attached hydrogens (tertiary/aromatic N) is 3. The first-order chi connectivity index (χ1) is 12.1. The van der Waals surface area contributed by atoms with Crippen LogP contribution < -0.4 is 5.32 Å². The summed E-state index contributed by atoms with van der Waals surface area (Å²) in [7, 11) is 1.76. The highest BCUT2D eigenvalue weighted by molar-refractivity contribution is 5.92. The molecule has 2 saturated heterocycles. The van der Waals surface area contributed by atoms with Gasteiger partial charge < -0.3 is 15.0 Å². The standard InChI is InChI=1S/C18H26N4O3/c1-21-15(6-9-20-21)16(23)19-8-5-14-7-10-25-18(14)11-22(12-18)17(24)13-3-2-4-13/h6,9,13-14H,2-5,7-8,10-12H2,1H3,(H,19,23)/t14-/m1/s1. The van der Waals surface area contributed by atoms with Gasteiger partial charge in [-0.05, 0) is 37.7 Å². The Hall–Kier alpha value is -1.89. The molecule has 3 heterocycles. The molecule has 1 spiro atoms. The minimum Gasteiger partial charge on any atom is -0.371 e. The fourth-order valence-electron chi connectivity index (χ4n) is 4.26. The molecule has 2 aliphatic heterocycles. The van der Waals surface area contributed by atoms with Crippen molar-refractivity contribution in [3.05, 3.63) is 18.0 Å². The molecule has 1 aliphatic carbocycles. The number of ether oxygens (including phenoxy) is 1. The Bertz CT molecular complexity index is 661. The first-order valence-electron chi connectivity index (χ1n) is 9.28. The number of rotatable bonds is 5. The van der Waals surface area contributed by atoms with Gasteiger partial charge in [0.2, 0.25) is 5.91 Å². The van der Waals surface area contributed by atoms with Crippen molar-refractivity contribution in [2.45, 2.75) is 37.7 Å². The minimum atomic E-state index is -0.170. The van der Waals surface area contributed by atoms with Gasteiger partial charge in [-0.1, -0.05) is 6.42 Å². The average Bonchev–Trinajstić information content (AvgIpc) is 3.10. The van der Waals surface area contributed by atoms with E-state index in [4.69, 9.17) is 4.74 Å². The van der Waals surface area contributed by atoms with Crippen LogP contribution in [0.3, 0.4) is 0 Å². The maximum Gasteiger partial charge on any atom is 0.269 e. The van der Waals surface area contributed by atoms with Crippen molar-refractivity contribution in [2.24, 2.45) is 18.9 Å². The van der Waals surface area contributed by atoms with E-state index in [-0.39, 0.29) is 17.4 Å². The van der Waals surface area contributed by atoms with Crippen molar-refractivity contribution in [1.29, 1.82) is 0 Å². The Balaban J connectivity index is 1.26. The summed E-state index contributed by atoms with van der Waals surface area (Å²) in [6.45, 7) is 2.83. The Labute approximate surface area is 147 Å². The summed E-state index contributed by atoms with van der Waals surface area (Å²) < 4.78 is 7.60. The van der Waals surface area contributed by atoms with Crippen LogP contribution in [0.1, 0.15) is 42.6 Å². The zero-order chi connectivity index (χ0) is 17.4. The first kappa shape index (κ1) is 16.6. The molecule has 4 rings (SSSR count). The smallest absolute Gasteiger partial charge is 0.269 e. The highest BCUT2D eigenvalue weighted by Crippen LogP contribution is 2.43. The molecule has 0 radical (unpaired) electrons. The zero-order valence-corrected chi connectivity index (χ0v) is 14.7. The number of hydrogen-bond donors (Lipinski definition) is 1. The van der Waals surface area contributed by atoms with Gasteiger partial charge in [-0.25, -0.2) is 0 Å². The van der Waals surface area contributed by atoms with E-state index in [1.54, 1.807) is 24.0 Å². The average molecular weight is 346 g/mol. The van der Waals surface area contributed by atoms with E-state index in [1.807, 2.05) is 4.90 Å². The predicted octanol–water partition coefficient (Wildman–Crippen LogP) is 0.958. The maximum absolute atomic E-state index is 12.3. The molecule has 7 heteroatoms. The zero-order valence-electron chi connectivity index (χ0n) is 14.7. The van der Waals surface area contributed by atoms with E-state index in [2.05, 4.69) is 10.4 Å². The van der Waals surface area contributed by atoms with Crippen LogP contribution in [0, 0.1) is 11.8 Å². The van der Waals surface area contributed by atoms with E-state index in [9.17, 15) is 9.59 Å². The molecular formula is C18H26N4O3. The predicted molar refractivity (Wildman–Crippen MR) is 90.9 cm³/mol. The van der Waals surface area contributed by atoms with Gasteiger partial charge in [-0.15, -0.1) is 0 Å². The van der Waals surface area contributed by atoms with Crippen LogP contribution in [0.2, 0.25) is 0 Å². The van der Waals surface area contributed by atoms with E-state index in [1.165, 1.54) is 6.42 Å². The van der Waals surface area contributed by atoms with E-state index in [0.717, 1.165) is 45.4 Å². The summed E-state index contributed by atoms with van der Waals surface area (Å²) in [6, 6.07) is 1.71. The van der Waals surface area contributed by atoms with Crippen LogP contribution in [0.4, 0.5) is 0 Å². The SMILES string of the molecule is Cn1nccc1C(=O)NCC[C@@H]1CCOC12CN(C(=O)C1CCC1)C2. The summed E-state index contributed by atoms with van der Waals surface area (Å²) in [4.78, 5) is 26.4. The van der Waals surface area contributed by atoms with Crippen LogP contribution in [0.15, 0.2) is 12.3 Å². The first-order valence-corrected chi connectivity index (χ1v) is 9.28. The molecule has 3 fully saturated rings. The lowest BCUT2D eigenvalue weighted by Crippen LogP contribution is -2.67. The van der Waals surface area contributed by atoms with Crippen molar-refractivity contribution in [1.82, 2.24) is 20.0 Å². The minimum absolute atomic E-state index is 0.0941. The summed E-state index contributed by atoms with van der Waals surface area (Å²) >= 11 is 0. The number of carbonyl (C=O) groups is 2. The molecule has 7 nitrogen and oxygen atoms in total. The molecule has 3 aliphatic rings. The molecule has 136 valence electrons. The summed E-state index contributed by atoms with van der Waals surface area (Å²) in [5, 5.41) is 6.99. The van der Waals surface area contributed by atoms with Gasteiger partial charge in [-0.2, -0.15) is 5.10 Å². The number of hydrogen-bond acceptors (Lipinski definition) is 4. The molecule has 0 bridgehead atoms. The van der Waals surface area contributed by atoms with Gasteiger partial charge in [0, 0.05) is 32.3 Å². The third kappa shape index (κ3) is 2.94. The largest absolute Gasteiger partial charge is 0.371 e. The van der Waals surface area contributed by atoms with Crippen LogP contribution >= 0.6 is 0 Å². The number of aryl methyl sites for hydroxylation is 1. The van der Waals surface area contributed by atoms with Crippen LogP contribution in [-0.4, -0.2) is 58.3 Å². The van der Waals surface area contributed by atoms with Crippen molar-refractivity contribution in [3.63, 3.8) is 0 Å². The fraction of sp³-hybridized carbons (Fsp3) is 0.722. The second-order valence-corrected chi connectivity index (χ2v) is 7.61. The van der Waals surface area contributed by atoms with Crippen molar-refractivity contribution in [2.75, 3.05) is 26.2 Å². The highest BCUT2D eigenvalue weighted by Gasteiger charge is 2.54. The second kappa shape index (κ2) is 6.44. The monoisotopic (exact) mass is 346 g/mol. The molecule has 0 aromatic carbocycles. The summed E-state index contributed by atoms with van der Waals surface area (Å²) in [5.74, 6) is 0.888. The lowest BCUT2D eigenvalue weighted by atomic mass is 9.76. The number of aromatic nitrogens is 2. The second-order valence-electron chi connectivity index (χ2n) is 7.61. The Morgan fingerprint density at radius 3 is 2.80 bits per heavy atom. The fourth-order valence-corrected chi connectivity index (χ4v) is 4.26. The van der Waals surface area contributed by atoms with Crippen molar-refractivity contribution >= 4 is 11.8 Å². The highest BCUT2D eigenvalue weighted by atomic mass is 16.5. The quantitative estimate of drug-likeness (QED) is 0.861. The Morgan fingerprint density at radius 2 is 2.16 bits per heavy atom. The van der Waals surface area contributed by atoms with Gasteiger partial charge in [-0.3, -0.25) is 14.3 Å². The van der Waals surface area contributed by atoms with Crippen LogP contribution in [-0.2, 0) is 16.6 Å². The van der Waals surface area contributed by atoms with E-state index in [0.29, 0.717) is 24.1 Å². The van der Waals surface area contributed by atoms with Gasteiger partial charge in [0.1, 0.15) is 11.3 Å². The lowest BCUT2D eigenvalue weighted by Gasteiger charge is -2.51. The van der Waals surface area contributed by atoms with Crippen molar-refractivity contribution < 1.29 is 14.3 Å². The topological polar surface area (TPSA) is 76.5 Å². The number of nitrogens with one attached hydrogen (secondary N) is 1. The van der Waals surface area contributed by atoms with Crippen molar-refractivity contribution in [3.8, 4) is 0 Å². The van der Waals surface area contributed by atoms with Crippen LogP contribution in [0.25, 0.3) is 0 Å². The maximum atomic E-state index is 12.3. The lowest BCUT2D eigenvalue weighted by molar-refractivity contribution is -0.171. The third-order valence-corrected chi connectivity index (χ3v) is 6.11. The van der Waals surface area contributed by atoms with Gasteiger partial charge in [0.05, 0.1) is 13.1 Å². The molecule has 1 aromatic rings. The van der Waals surface area contributed by atoms with Gasteiger partial charge in [0.25, 0.3) is 5.91 Å².